The Bertz CT molecular complexity index is 576. The zero-order valence-corrected chi connectivity index (χ0v) is 14.2. The van der Waals surface area contributed by atoms with Gasteiger partial charge in [-0.1, -0.05) is 5.16 Å². The number of anilines is 1. The molecule has 2 unspecified atom stereocenters. The van der Waals surface area contributed by atoms with Gasteiger partial charge in [-0.15, -0.1) is 0 Å². The van der Waals surface area contributed by atoms with E-state index >= 15 is 0 Å². The summed E-state index contributed by atoms with van der Waals surface area (Å²) in [6.45, 7) is 9.13. The van der Waals surface area contributed by atoms with Crippen molar-refractivity contribution in [2.75, 3.05) is 32.1 Å². The molecule has 0 aromatic carbocycles. The summed E-state index contributed by atoms with van der Waals surface area (Å²) in [6.07, 6.45) is -0.206. The van der Waals surface area contributed by atoms with Gasteiger partial charge in [0.2, 0.25) is 0 Å². The van der Waals surface area contributed by atoms with Crippen molar-refractivity contribution in [2.45, 2.75) is 39.2 Å². The highest BCUT2D eigenvalue weighted by Crippen LogP contribution is 2.59. The van der Waals surface area contributed by atoms with Crippen LogP contribution in [0.1, 0.15) is 38.1 Å². The number of likely N-dealkylation sites (tertiary alicyclic amines) is 1. The van der Waals surface area contributed by atoms with Crippen molar-refractivity contribution in [1.82, 2.24) is 10.1 Å². The lowest BCUT2D eigenvalue weighted by Gasteiger charge is -2.26. The van der Waals surface area contributed by atoms with Crippen LogP contribution in [0.5, 0.6) is 0 Å². The minimum Gasteiger partial charge on any atom is -0.444 e. The standard InChI is InChI=1S/C16H25N3O3/c1-9-14(18(5)6)13(17-22-9)12-10-7-19(8-11(10)12)15(20)21-16(2,3)4/h10-12H,7-8H2,1-6H3/t10-,11?,12?/m1/s1. The van der Waals surface area contributed by atoms with E-state index in [1.807, 2.05) is 46.7 Å². The lowest BCUT2D eigenvalue weighted by Crippen LogP contribution is -2.37. The number of ether oxygens (including phenoxy) is 1. The van der Waals surface area contributed by atoms with E-state index < -0.39 is 5.60 Å². The number of rotatable bonds is 2. The van der Waals surface area contributed by atoms with Crippen molar-refractivity contribution >= 4 is 11.8 Å². The minimum absolute atomic E-state index is 0.206. The maximum absolute atomic E-state index is 12.1. The van der Waals surface area contributed by atoms with E-state index in [1.54, 1.807) is 0 Å². The molecule has 1 saturated heterocycles. The van der Waals surface area contributed by atoms with Gasteiger partial charge in [-0.3, -0.25) is 0 Å². The Morgan fingerprint density at radius 1 is 1.32 bits per heavy atom. The van der Waals surface area contributed by atoms with Crippen LogP contribution in [-0.2, 0) is 4.74 Å². The first kappa shape index (κ1) is 15.2. The summed E-state index contributed by atoms with van der Waals surface area (Å²) in [5.74, 6) is 2.23. The second kappa shape index (κ2) is 4.89. The lowest BCUT2D eigenvalue weighted by molar-refractivity contribution is 0.0270. The van der Waals surface area contributed by atoms with Crippen LogP contribution in [0.3, 0.4) is 0 Å². The molecule has 1 aliphatic heterocycles. The molecular formula is C16H25N3O3. The molecule has 2 aliphatic rings. The molecular weight excluding hydrogens is 282 g/mol. The van der Waals surface area contributed by atoms with E-state index in [-0.39, 0.29) is 6.09 Å². The highest BCUT2D eigenvalue weighted by Gasteiger charge is 2.59. The fourth-order valence-electron chi connectivity index (χ4n) is 3.55. The van der Waals surface area contributed by atoms with Gasteiger partial charge in [-0.2, -0.15) is 0 Å². The molecule has 2 heterocycles. The van der Waals surface area contributed by atoms with Gasteiger partial charge in [0, 0.05) is 33.1 Å². The topological polar surface area (TPSA) is 58.8 Å². The predicted octanol–water partition coefficient (Wildman–Crippen LogP) is 2.63. The molecule has 122 valence electrons. The van der Waals surface area contributed by atoms with Crippen LogP contribution in [0.4, 0.5) is 10.5 Å². The molecule has 1 saturated carbocycles. The predicted molar refractivity (Wildman–Crippen MR) is 83.1 cm³/mol. The van der Waals surface area contributed by atoms with Gasteiger partial charge in [0.15, 0.2) is 5.76 Å². The Labute approximate surface area is 131 Å². The summed E-state index contributed by atoms with van der Waals surface area (Å²) in [5, 5.41) is 4.26. The van der Waals surface area contributed by atoms with Crippen molar-refractivity contribution < 1.29 is 14.1 Å². The first-order valence-electron chi connectivity index (χ1n) is 7.80. The van der Waals surface area contributed by atoms with Gasteiger partial charge >= 0.3 is 6.09 Å². The highest BCUT2D eigenvalue weighted by atomic mass is 16.6. The number of piperidine rings is 1. The van der Waals surface area contributed by atoms with E-state index in [0.717, 1.165) is 30.2 Å². The maximum Gasteiger partial charge on any atom is 0.410 e. The molecule has 0 bridgehead atoms. The Kier molecular flexibility index (Phi) is 3.38. The number of carbonyl (C=O) groups excluding carboxylic acids is 1. The van der Waals surface area contributed by atoms with Crippen LogP contribution in [0, 0.1) is 18.8 Å². The molecule has 6 nitrogen and oxygen atoms in total. The normalized spacial score (nSPS) is 26.8. The quantitative estimate of drug-likeness (QED) is 0.840. The third-order valence-corrected chi connectivity index (χ3v) is 4.47. The molecule has 1 aromatic heterocycles. The summed E-state index contributed by atoms with van der Waals surface area (Å²) in [5.41, 5.74) is 1.69. The van der Waals surface area contributed by atoms with Crippen LogP contribution >= 0.6 is 0 Å². The van der Waals surface area contributed by atoms with Gasteiger partial charge in [0.25, 0.3) is 0 Å². The Balaban J connectivity index is 1.65. The number of hydrogen-bond acceptors (Lipinski definition) is 5. The lowest BCUT2D eigenvalue weighted by atomic mass is 10.1. The third kappa shape index (κ3) is 2.55. The average molecular weight is 307 g/mol. The van der Waals surface area contributed by atoms with Crippen molar-refractivity contribution in [3.8, 4) is 0 Å². The molecule has 0 N–H and O–H groups in total. The van der Waals surface area contributed by atoms with Crippen LogP contribution in [0.2, 0.25) is 0 Å². The molecule has 3 rings (SSSR count). The van der Waals surface area contributed by atoms with Crippen molar-refractivity contribution in [3.63, 3.8) is 0 Å². The zero-order chi connectivity index (χ0) is 16.2. The Hall–Kier alpha value is -1.72. The second-order valence-corrected chi connectivity index (χ2v) is 7.61. The Morgan fingerprint density at radius 3 is 2.41 bits per heavy atom. The molecule has 2 fully saturated rings. The fraction of sp³-hybridized carbons (Fsp3) is 0.750. The number of aryl methyl sites for hydroxylation is 1. The van der Waals surface area contributed by atoms with Gasteiger partial charge in [-0.05, 0) is 39.5 Å². The minimum atomic E-state index is -0.440. The first-order chi connectivity index (χ1) is 10.2. The molecule has 6 heteroatoms. The largest absolute Gasteiger partial charge is 0.444 e. The molecule has 0 radical (unpaired) electrons. The number of fused-ring (bicyclic) bond motifs is 1. The second-order valence-electron chi connectivity index (χ2n) is 7.61. The smallest absolute Gasteiger partial charge is 0.410 e. The van der Waals surface area contributed by atoms with Crippen LogP contribution < -0.4 is 4.90 Å². The summed E-state index contributed by atoms with van der Waals surface area (Å²) in [6, 6.07) is 0. The Morgan fingerprint density at radius 2 is 1.91 bits per heavy atom. The summed E-state index contributed by atoms with van der Waals surface area (Å²) < 4.78 is 10.8. The third-order valence-electron chi connectivity index (χ3n) is 4.47. The highest BCUT2D eigenvalue weighted by molar-refractivity contribution is 5.69. The van der Waals surface area contributed by atoms with Crippen LogP contribution in [0.15, 0.2) is 4.52 Å². The molecule has 1 amide bonds. The van der Waals surface area contributed by atoms with Gasteiger partial charge < -0.3 is 19.1 Å². The van der Waals surface area contributed by atoms with E-state index in [9.17, 15) is 4.79 Å². The summed E-state index contributed by atoms with van der Waals surface area (Å²) >= 11 is 0. The molecule has 1 aromatic rings. The van der Waals surface area contributed by atoms with Crippen LogP contribution in [0.25, 0.3) is 0 Å². The molecule has 3 atom stereocenters. The number of amides is 1. The van der Waals surface area contributed by atoms with Crippen molar-refractivity contribution in [1.29, 1.82) is 0 Å². The molecule has 1 aliphatic carbocycles. The zero-order valence-electron chi connectivity index (χ0n) is 14.2. The van der Waals surface area contributed by atoms with Crippen LogP contribution in [-0.4, -0.2) is 48.9 Å². The molecule has 0 spiro atoms. The van der Waals surface area contributed by atoms with Gasteiger partial charge in [0.05, 0.1) is 0 Å². The number of nitrogens with zero attached hydrogens (tertiary/aromatic N) is 3. The molecule has 22 heavy (non-hydrogen) atoms. The van der Waals surface area contributed by atoms with Crippen molar-refractivity contribution in [3.05, 3.63) is 11.5 Å². The average Bonchev–Trinajstić information content (AvgIpc) is 2.73. The van der Waals surface area contributed by atoms with E-state index in [1.165, 1.54) is 0 Å². The maximum atomic E-state index is 12.1. The summed E-state index contributed by atoms with van der Waals surface area (Å²) in [4.78, 5) is 16.0. The monoisotopic (exact) mass is 307 g/mol. The van der Waals surface area contributed by atoms with E-state index in [2.05, 4.69) is 10.1 Å². The van der Waals surface area contributed by atoms with Gasteiger partial charge in [-0.25, -0.2) is 4.79 Å². The first-order valence-corrected chi connectivity index (χ1v) is 7.80. The van der Waals surface area contributed by atoms with E-state index in [0.29, 0.717) is 17.8 Å². The summed E-state index contributed by atoms with van der Waals surface area (Å²) in [7, 11) is 4.02. The number of aromatic nitrogens is 1. The van der Waals surface area contributed by atoms with Crippen molar-refractivity contribution in [2.24, 2.45) is 11.8 Å². The fourth-order valence-corrected chi connectivity index (χ4v) is 3.55. The SMILES string of the molecule is Cc1onc(C2C3CN(C(=O)OC(C)(C)C)C[C@H]32)c1N(C)C. The van der Waals surface area contributed by atoms with Gasteiger partial charge in [0.1, 0.15) is 17.0 Å². The number of hydrogen-bond donors (Lipinski definition) is 0. The van der Waals surface area contributed by atoms with E-state index in [4.69, 9.17) is 9.26 Å². The number of carbonyl (C=O) groups is 1.